The summed E-state index contributed by atoms with van der Waals surface area (Å²) in [6.45, 7) is 1.08. The first-order chi connectivity index (χ1) is 6.07. The number of carbonyl (C=O) groups is 1. The van der Waals surface area contributed by atoms with Crippen LogP contribution in [0, 0.1) is 11.3 Å². The lowest BCUT2D eigenvalue weighted by atomic mass is 10.2. The van der Waals surface area contributed by atoms with Gasteiger partial charge in [0.2, 0.25) is 0 Å². The number of benzene rings is 1. The molecule has 2 N–H and O–H groups in total. The van der Waals surface area contributed by atoms with Crippen LogP contribution in [0.1, 0.15) is 12.5 Å². The average Bonchev–Trinajstić information content (AvgIpc) is 2.04. The van der Waals surface area contributed by atoms with Gasteiger partial charge >= 0.3 is 0 Å². The summed E-state index contributed by atoms with van der Waals surface area (Å²) >= 11 is 0. The molecular weight excluding hydrogens is 170 g/mol. The monoisotopic (exact) mass is 179 g/mol. The van der Waals surface area contributed by atoms with Gasteiger partial charge in [-0.3, -0.25) is 4.79 Å². The van der Waals surface area contributed by atoms with Crippen molar-refractivity contribution in [2.75, 3.05) is 0 Å². The Morgan fingerprint density at radius 1 is 1.46 bits per heavy atom. The molecule has 4 nitrogen and oxygen atoms in total. The molecule has 0 aliphatic heterocycles. The number of hydrogen-bond donors (Lipinski definition) is 2. The van der Waals surface area contributed by atoms with Crippen molar-refractivity contribution in [3.8, 4) is 11.8 Å². The van der Waals surface area contributed by atoms with E-state index in [9.17, 15) is 0 Å². The van der Waals surface area contributed by atoms with Crippen LogP contribution in [0.4, 0.5) is 0 Å². The van der Waals surface area contributed by atoms with Crippen molar-refractivity contribution in [1.82, 2.24) is 0 Å². The Balaban J connectivity index is 0.000000310. The number of rotatable bonds is 0. The van der Waals surface area contributed by atoms with Crippen LogP contribution in [0.25, 0.3) is 0 Å². The first-order valence-corrected chi connectivity index (χ1v) is 3.45. The van der Waals surface area contributed by atoms with Crippen LogP contribution in [0.3, 0.4) is 0 Å². The van der Waals surface area contributed by atoms with Crippen molar-refractivity contribution in [2.45, 2.75) is 6.92 Å². The minimum atomic E-state index is -0.833. The average molecular weight is 179 g/mol. The second-order valence-corrected chi connectivity index (χ2v) is 2.15. The number of nitrogens with zero attached hydrogens (tertiary/aromatic N) is 1. The zero-order valence-corrected chi connectivity index (χ0v) is 7.06. The van der Waals surface area contributed by atoms with E-state index in [2.05, 4.69) is 0 Å². The quantitative estimate of drug-likeness (QED) is 0.629. The highest BCUT2D eigenvalue weighted by atomic mass is 16.4. The SMILES string of the molecule is CC(=O)O.N#Cc1ccccc1O. The van der Waals surface area contributed by atoms with Crippen molar-refractivity contribution in [2.24, 2.45) is 0 Å². The predicted molar refractivity (Wildman–Crippen MR) is 46.1 cm³/mol. The third kappa shape index (κ3) is 5.27. The van der Waals surface area contributed by atoms with Crippen LogP contribution >= 0.6 is 0 Å². The summed E-state index contributed by atoms with van der Waals surface area (Å²) in [5.74, 6) is -0.792. The number of carboxylic acid groups (broad SMARTS) is 1. The molecule has 0 amide bonds. The number of hydrogen-bond acceptors (Lipinski definition) is 3. The van der Waals surface area contributed by atoms with E-state index in [1.165, 1.54) is 6.07 Å². The Morgan fingerprint density at radius 3 is 2.23 bits per heavy atom. The second-order valence-electron chi connectivity index (χ2n) is 2.15. The van der Waals surface area contributed by atoms with Crippen LogP contribution in [-0.4, -0.2) is 16.2 Å². The normalized spacial score (nSPS) is 7.69. The smallest absolute Gasteiger partial charge is 0.300 e. The molecule has 0 unspecified atom stereocenters. The maximum Gasteiger partial charge on any atom is 0.300 e. The molecular formula is C9H9NO3. The molecule has 0 radical (unpaired) electrons. The molecule has 0 saturated carbocycles. The number of nitriles is 1. The van der Waals surface area contributed by atoms with E-state index >= 15 is 0 Å². The molecule has 4 heteroatoms. The summed E-state index contributed by atoms with van der Waals surface area (Å²) in [6.07, 6.45) is 0. The third-order valence-electron chi connectivity index (χ3n) is 1.02. The van der Waals surface area contributed by atoms with Crippen molar-refractivity contribution in [3.05, 3.63) is 29.8 Å². The van der Waals surface area contributed by atoms with Crippen LogP contribution in [0.15, 0.2) is 24.3 Å². The lowest BCUT2D eigenvalue weighted by Crippen LogP contribution is -1.78. The van der Waals surface area contributed by atoms with Gasteiger partial charge < -0.3 is 10.2 Å². The van der Waals surface area contributed by atoms with E-state index in [0.717, 1.165) is 6.92 Å². The molecule has 1 aromatic carbocycles. The molecule has 0 fully saturated rings. The van der Waals surface area contributed by atoms with E-state index in [-0.39, 0.29) is 5.75 Å². The molecule has 0 heterocycles. The van der Waals surface area contributed by atoms with Gasteiger partial charge in [-0.05, 0) is 12.1 Å². The number of carboxylic acids is 1. The van der Waals surface area contributed by atoms with Crippen molar-refractivity contribution in [1.29, 1.82) is 5.26 Å². The van der Waals surface area contributed by atoms with Crippen LogP contribution in [0.2, 0.25) is 0 Å². The van der Waals surface area contributed by atoms with Gasteiger partial charge in [-0.2, -0.15) is 5.26 Å². The number of aliphatic carboxylic acids is 1. The Bertz CT molecular complexity index is 324. The predicted octanol–water partition coefficient (Wildman–Crippen LogP) is 1.35. The highest BCUT2D eigenvalue weighted by Gasteiger charge is 1.93. The highest BCUT2D eigenvalue weighted by molar-refractivity contribution is 5.62. The Hall–Kier alpha value is -2.02. The molecule has 0 aliphatic carbocycles. The number of aromatic hydroxyl groups is 1. The first kappa shape index (κ1) is 11.0. The van der Waals surface area contributed by atoms with E-state index in [1.807, 2.05) is 6.07 Å². The molecule has 0 spiro atoms. The topological polar surface area (TPSA) is 81.3 Å². The minimum Gasteiger partial charge on any atom is -0.507 e. The first-order valence-electron chi connectivity index (χ1n) is 3.45. The fraction of sp³-hybridized carbons (Fsp3) is 0.111. The maximum absolute atomic E-state index is 9.00. The van der Waals surface area contributed by atoms with E-state index in [4.69, 9.17) is 20.3 Å². The minimum absolute atomic E-state index is 0.0417. The van der Waals surface area contributed by atoms with Gasteiger partial charge in [-0.1, -0.05) is 12.1 Å². The van der Waals surface area contributed by atoms with Crippen molar-refractivity contribution in [3.63, 3.8) is 0 Å². The summed E-state index contributed by atoms with van der Waals surface area (Å²) in [5.41, 5.74) is 0.317. The number of para-hydroxylation sites is 1. The van der Waals surface area contributed by atoms with E-state index in [1.54, 1.807) is 18.2 Å². The Kier molecular flexibility index (Phi) is 4.74. The van der Waals surface area contributed by atoms with Gasteiger partial charge in [0.25, 0.3) is 5.97 Å². The molecule has 13 heavy (non-hydrogen) atoms. The molecule has 68 valence electrons. The summed E-state index contributed by atoms with van der Waals surface area (Å²) in [6, 6.07) is 8.28. The van der Waals surface area contributed by atoms with Gasteiger partial charge in [-0.25, -0.2) is 0 Å². The van der Waals surface area contributed by atoms with Gasteiger partial charge in [0.05, 0.1) is 5.56 Å². The highest BCUT2D eigenvalue weighted by Crippen LogP contribution is 2.12. The zero-order valence-electron chi connectivity index (χ0n) is 7.06. The molecule has 1 rings (SSSR count). The second kappa shape index (κ2) is 5.61. The van der Waals surface area contributed by atoms with Crippen molar-refractivity contribution < 1.29 is 15.0 Å². The zero-order chi connectivity index (χ0) is 10.3. The van der Waals surface area contributed by atoms with Gasteiger partial charge in [-0.15, -0.1) is 0 Å². The standard InChI is InChI=1S/C7H5NO.C2H4O2/c8-5-6-3-1-2-4-7(6)9;1-2(3)4/h1-4,9H;1H3,(H,3,4). The molecule has 0 saturated heterocycles. The fourth-order valence-electron chi connectivity index (χ4n) is 0.568. The molecule has 0 bridgehead atoms. The summed E-state index contributed by atoms with van der Waals surface area (Å²) in [7, 11) is 0. The van der Waals surface area contributed by atoms with E-state index in [0.29, 0.717) is 5.56 Å². The summed E-state index contributed by atoms with van der Waals surface area (Å²) in [4.78, 5) is 9.00. The van der Waals surface area contributed by atoms with Gasteiger partial charge in [0.1, 0.15) is 11.8 Å². The van der Waals surface area contributed by atoms with Crippen LogP contribution < -0.4 is 0 Å². The Labute approximate surface area is 75.7 Å². The van der Waals surface area contributed by atoms with Crippen LogP contribution in [0.5, 0.6) is 5.75 Å². The Morgan fingerprint density at radius 2 is 1.92 bits per heavy atom. The lowest BCUT2D eigenvalue weighted by Gasteiger charge is -1.89. The third-order valence-corrected chi connectivity index (χ3v) is 1.02. The van der Waals surface area contributed by atoms with Crippen LogP contribution in [-0.2, 0) is 4.79 Å². The van der Waals surface area contributed by atoms with E-state index < -0.39 is 5.97 Å². The number of phenols is 1. The lowest BCUT2D eigenvalue weighted by molar-refractivity contribution is -0.134. The molecule has 0 aromatic heterocycles. The van der Waals surface area contributed by atoms with Gasteiger partial charge in [0, 0.05) is 6.92 Å². The molecule has 0 atom stereocenters. The summed E-state index contributed by atoms with van der Waals surface area (Å²) in [5, 5.41) is 24.6. The summed E-state index contributed by atoms with van der Waals surface area (Å²) < 4.78 is 0. The number of phenolic OH excluding ortho intramolecular Hbond substituents is 1. The maximum atomic E-state index is 9.00. The molecule has 0 aliphatic rings. The van der Waals surface area contributed by atoms with Crippen molar-refractivity contribution >= 4 is 5.97 Å². The fourth-order valence-corrected chi connectivity index (χ4v) is 0.568. The largest absolute Gasteiger partial charge is 0.507 e. The molecule has 1 aromatic rings. The van der Waals surface area contributed by atoms with Gasteiger partial charge in [0.15, 0.2) is 0 Å².